The summed E-state index contributed by atoms with van der Waals surface area (Å²) >= 11 is 7.69. The molecule has 0 saturated heterocycles. The number of halogens is 1. The first kappa shape index (κ1) is 16.0. The van der Waals surface area contributed by atoms with E-state index in [1.54, 1.807) is 11.8 Å². The molecule has 2 aliphatic rings. The highest BCUT2D eigenvalue weighted by Gasteiger charge is 2.23. The maximum atomic E-state index is 6.00. The van der Waals surface area contributed by atoms with Gasteiger partial charge in [0.15, 0.2) is 22.5 Å². The van der Waals surface area contributed by atoms with E-state index in [0.29, 0.717) is 11.8 Å². The normalized spacial score (nSPS) is 15.9. The molecule has 0 unspecified atom stereocenters. The van der Waals surface area contributed by atoms with Gasteiger partial charge in [-0.1, -0.05) is 29.4 Å². The van der Waals surface area contributed by atoms with Gasteiger partial charge in [-0.2, -0.15) is 0 Å². The second kappa shape index (κ2) is 6.50. The Morgan fingerprint density at radius 3 is 2.77 bits per heavy atom. The van der Waals surface area contributed by atoms with Gasteiger partial charge in [-0.15, -0.1) is 10.2 Å². The highest BCUT2D eigenvalue weighted by atomic mass is 35.5. The lowest BCUT2D eigenvalue weighted by atomic mass is 10.2. The summed E-state index contributed by atoms with van der Waals surface area (Å²) in [4.78, 5) is 2.35. The summed E-state index contributed by atoms with van der Waals surface area (Å²) in [7, 11) is 0. The van der Waals surface area contributed by atoms with Crippen molar-refractivity contribution >= 4 is 23.4 Å². The molecule has 132 valence electrons. The predicted octanol–water partition coefficient (Wildman–Crippen LogP) is 3.85. The van der Waals surface area contributed by atoms with Gasteiger partial charge >= 0.3 is 0 Å². The van der Waals surface area contributed by atoms with Gasteiger partial charge in [0, 0.05) is 17.1 Å². The minimum absolute atomic E-state index is 0.298. The van der Waals surface area contributed by atoms with Crippen molar-refractivity contribution in [3.8, 4) is 22.9 Å². The van der Waals surface area contributed by atoms with Crippen LogP contribution in [0.1, 0.15) is 5.56 Å². The first-order chi connectivity index (χ1) is 12.8. The standard InChI is InChI=1S/C18H15ClN4O2S/c19-14-4-2-13(3-5-14)17-20-21-18-23(17)9-22(10-26-18)8-12-1-6-15-16(7-12)25-11-24-15/h1-7H,8-11H2. The van der Waals surface area contributed by atoms with E-state index >= 15 is 0 Å². The molecule has 0 aliphatic carbocycles. The molecular weight excluding hydrogens is 372 g/mol. The molecule has 3 aromatic rings. The van der Waals surface area contributed by atoms with Gasteiger partial charge in [0.1, 0.15) is 0 Å². The third-order valence-electron chi connectivity index (χ3n) is 4.38. The SMILES string of the molecule is Clc1ccc(-c2nnc3n2CN(Cc2ccc4c(c2)OCO4)CS3)cc1. The predicted molar refractivity (Wildman–Crippen MR) is 99.3 cm³/mol. The van der Waals surface area contributed by atoms with E-state index < -0.39 is 0 Å². The maximum absolute atomic E-state index is 6.00. The largest absolute Gasteiger partial charge is 0.454 e. The van der Waals surface area contributed by atoms with E-state index in [1.807, 2.05) is 30.3 Å². The van der Waals surface area contributed by atoms with Crippen molar-refractivity contribution in [2.24, 2.45) is 0 Å². The molecule has 5 rings (SSSR count). The third-order valence-corrected chi connectivity index (χ3v) is 5.69. The van der Waals surface area contributed by atoms with Crippen LogP contribution in [0.25, 0.3) is 11.4 Å². The monoisotopic (exact) mass is 386 g/mol. The Bertz CT molecular complexity index is 960. The molecule has 0 radical (unpaired) electrons. The Hall–Kier alpha value is -2.22. The summed E-state index contributed by atoms with van der Waals surface area (Å²) in [5, 5.41) is 10.4. The summed E-state index contributed by atoms with van der Waals surface area (Å²) in [5.41, 5.74) is 2.21. The van der Waals surface area contributed by atoms with Gasteiger partial charge in [-0.05, 0) is 42.0 Å². The lowest BCUT2D eigenvalue weighted by Crippen LogP contribution is -2.30. The van der Waals surface area contributed by atoms with Crippen LogP contribution in [0.3, 0.4) is 0 Å². The molecule has 0 atom stereocenters. The lowest BCUT2D eigenvalue weighted by Gasteiger charge is -2.27. The van der Waals surface area contributed by atoms with Crippen LogP contribution in [0.4, 0.5) is 0 Å². The second-order valence-electron chi connectivity index (χ2n) is 6.17. The van der Waals surface area contributed by atoms with Crippen molar-refractivity contribution < 1.29 is 9.47 Å². The van der Waals surface area contributed by atoms with E-state index in [1.165, 1.54) is 5.56 Å². The minimum Gasteiger partial charge on any atom is -0.454 e. The smallest absolute Gasteiger partial charge is 0.231 e. The van der Waals surface area contributed by atoms with Crippen LogP contribution in [-0.4, -0.2) is 32.3 Å². The minimum atomic E-state index is 0.298. The highest BCUT2D eigenvalue weighted by molar-refractivity contribution is 7.99. The van der Waals surface area contributed by atoms with Crippen LogP contribution in [0.15, 0.2) is 47.6 Å². The van der Waals surface area contributed by atoms with Crippen LogP contribution in [0.2, 0.25) is 5.02 Å². The molecule has 2 aliphatic heterocycles. The number of ether oxygens (including phenoxy) is 2. The average molecular weight is 387 g/mol. The van der Waals surface area contributed by atoms with E-state index in [9.17, 15) is 0 Å². The number of aromatic nitrogens is 3. The molecule has 8 heteroatoms. The summed E-state index contributed by atoms with van der Waals surface area (Å²) in [5.74, 6) is 3.36. The number of nitrogens with zero attached hydrogens (tertiary/aromatic N) is 4. The molecule has 26 heavy (non-hydrogen) atoms. The van der Waals surface area contributed by atoms with Crippen LogP contribution in [-0.2, 0) is 13.2 Å². The summed E-state index contributed by atoms with van der Waals surface area (Å²) in [6, 6.07) is 13.8. The van der Waals surface area contributed by atoms with E-state index in [0.717, 1.165) is 47.1 Å². The first-order valence-electron chi connectivity index (χ1n) is 8.19. The Labute approximate surface area is 159 Å². The molecular formula is C18H15ClN4O2S. The Morgan fingerprint density at radius 1 is 1.04 bits per heavy atom. The van der Waals surface area contributed by atoms with Crippen LogP contribution in [0, 0.1) is 0 Å². The molecule has 3 heterocycles. The molecule has 0 fully saturated rings. The maximum Gasteiger partial charge on any atom is 0.231 e. The number of rotatable bonds is 3. The van der Waals surface area contributed by atoms with Gasteiger partial charge in [0.05, 0.1) is 12.5 Å². The van der Waals surface area contributed by atoms with Crippen molar-refractivity contribution in [2.45, 2.75) is 18.4 Å². The van der Waals surface area contributed by atoms with Crippen molar-refractivity contribution in [1.29, 1.82) is 0 Å². The molecule has 0 N–H and O–H groups in total. The van der Waals surface area contributed by atoms with E-state index in [4.69, 9.17) is 21.1 Å². The van der Waals surface area contributed by atoms with Crippen molar-refractivity contribution in [1.82, 2.24) is 19.7 Å². The lowest BCUT2D eigenvalue weighted by molar-refractivity contribution is 0.174. The Morgan fingerprint density at radius 2 is 1.88 bits per heavy atom. The number of thioether (sulfide) groups is 1. The van der Waals surface area contributed by atoms with Gasteiger partial charge in [0.25, 0.3) is 0 Å². The fourth-order valence-electron chi connectivity index (χ4n) is 3.12. The molecule has 0 saturated carbocycles. The van der Waals surface area contributed by atoms with E-state index in [-0.39, 0.29) is 0 Å². The number of fused-ring (bicyclic) bond motifs is 2. The summed E-state index contributed by atoms with van der Waals surface area (Å²) in [6.45, 7) is 1.86. The Kier molecular flexibility index (Phi) is 4.00. The van der Waals surface area contributed by atoms with E-state index in [2.05, 4.69) is 31.8 Å². The highest BCUT2D eigenvalue weighted by Crippen LogP contribution is 2.34. The zero-order chi connectivity index (χ0) is 17.5. The first-order valence-corrected chi connectivity index (χ1v) is 9.55. The molecule has 6 nitrogen and oxygen atoms in total. The quantitative estimate of drug-likeness (QED) is 0.681. The van der Waals surface area contributed by atoms with Gasteiger partial charge < -0.3 is 9.47 Å². The van der Waals surface area contributed by atoms with Crippen LogP contribution >= 0.6 is 23.4 Å². The number of hydrogen-bond donors (Lipinski definition) is 0. The van der Waals surface area contributed by atoms with Crippen molar-refractivity contribution in [3.63, 3.8) is 0 Å². The summed E-state index contributed by atoms with van der Waals surface area (Å²) < 4.78 is 13.0. The fraction of sp³-hybridized carbons (Fsp3) is 0.222. The molecule has 0 spiro atoms. The fourth-order valence-corrected chi connectivity index (χ4v) is 4.11. The summed E-state index contributed by atoms with van der Waals surface area (Å²) in [6.07, 6.45) is 0. The molecule has 1 aromatic heterocycles. The van der Waals surface area contributed by atoms with Crippen LogP contribution < -0.4 is 9.47 Å². The van der Waals surface area contributed by atoms with Crippen LogP contribution in [0.5, 0.6) is 11.5 Å². The molecule has 0 bridgehead atoms. The van der Waals surface area contributed by atoms with Gasteiger partial charge in [-0.3, -0.25) is 9.47 Å². The van der Waals surface area contributed by atoms with Gasteiger partial charge in [0.2, 0.25) is 6.79 Å². The third kappa shape index (κ3) is 2.92. The molecule has 0 amide bonds. The molecule has 2 aromatic carbocycles. The Balaban J connectivity index is 1.38. The topological polar surface area (TPSA) is 52.4 Å². The zero-order valence-corrected chi connectivity index (χ0v) is 15.3. The number of hydrogen-bond acceptors (Lipinski definition) is 6. The average Bonchev–Trinajstić information content (AvgIpc) is 3.28. The number of benzene rings is 2. The van der Waals surface area contributed by atoms with Crippen molar-refractivity contribution in [3.05, 3.63) is 53.1 Å². The van der Waals surface area contributed by atoms with Crippen molar-refractivity contribution in [2.75, 3.05) is 12.7 Å². The second-order valence-corrected chi connectivity index (χ2v) is 7.52. The van der Waals surface area contributed by atoms with Gasteiger partial charge in [-0.25, -0.2) is 0 Å². The zero-order valence-electron chi connectivity index (χ0n) is 13.8.